The summed E-state index contributed by atoms with van der Waals surface area (Å²) in [6.07, 6.45) is 4.23. The van der Waals surface area contributed by atoms with Crippen molar-refractivity contribution in [1.82, 2.24) is 20.3 Å². The standard InChI is InChI=1S/C15H20N4O/c1-15(20,12-6-3-2-4-7-12)14-11-19(18-17-14)10-13-8-5-9-16-13/h2-4,6-7,11,13,16,20H,5,8-10H2,1H3/t13-,15?/m1/s1. The predicted molar refractivity (Wildman–Crippen MR) is 76.2 cm³/mol. The van der Waals surface area contributed by atoms with Gasteiger partial charge >= 0.3 is 0 Å². The Labute approximate surface area is 118 Å². The van der Waals surface area contributed by atoms with Gasteiger partial charge in [-0.2, -0.15) is 0 Å². The lowest BCUT2D eigenvalue weighted by Gasteiger charge is -2.20. The first-order valence-corrected chi connectivity index (χ1v) is 7.08. The van der Waals surface area contributed by atoms with Crippen molar-refractivity contribution in [3.63, 3.8) is 0 Å². The third-order valence-electron chi connectivity index (χ3n) is 3.94. The van der Waals surface area contributed by atoms with E-state index >= 15 is 0 Å². The van der Waals surface area contributed by atoms with Crippen LogP contribution < -0.4 is 5.32 Å². The van der Waals surface area contributed by atoms with Crippen molar-refractivity contribution in [3.8, 4) is 0 Å². The summed E-state index contributed by atoms with van der Waals surface area (Å²) in [5.41, 5.74) is 0.301. The molecular formula is C15H20N4O. The second-order valence-electron chi connectivity index (χ2n) is 5.56. The number of nitrogens with one attached hydrogen (secondary N) is 1. The monoisotopic (exact) mass is 272 g/mol. The molecule has 1 fully saturated rings. The number of nitrogens with zero attached hydrogens (tertiary/aromatic N) is 3. The number of rotatable bonds is 4. The lowest BCUT2D eigenvalue weighted by molar-refractivity contribution is 0.0972. The van der Waals surface area contributed by atoms with Gasteiger partial charge in [-0.05, 0) is 31.9 Å². The van der Waals surface area contributed by atoms with Crippen LogP contribution in [0, 0.1) is 0 Å². The normalized spacial score (nSPS) is 21.8. The second kappa shape index (κ2) is 5.34. The average molecular weight is 272 g/mol. The average Bonchev–Trinajstić information content (AvgIpc) is 3.12. The van der Waals surface area contributed by atoms with E-state index in [2.05, 4.69) is 15.6 Å². The van der Waals surface area contributed by atoms with E-state index in [0.717, 1.165) is 18.7 Å². The molecule has 0 spiro atoms. The quantitative estimate of drug-likeness (QED) is 0.880. The Morgan fingerprint density at radius 1 is 1.40 bits per heavy atom. The highest BCUT2D eigenvalue weighted by atomic mass is 16.3. The van der Waals surface area contributed by atoms with Gasteiger partial charge in [0, 0.05) is 6.04 Å². The zero-order valence-corrected chi connectivity index (χ0v) is 11.7. The van der Waals surface area contributed by atoms with Gasteiger partial charge in [-0.15, -0.1) is 5.10 Å². The molecule has 1 aliphatic rings. The summed E-state index contributed by atoms with van der Waals surface area (Å²) in [5, 5.41) is 22.4. The molecule has 3 rings (SSSR count). The van der Waals surface area contributed by atoms with E-state index < -0.39 is 5.60 Å². The molecule has 5 nitrogen and oxygen atoms in total. The van der Waals surface area contributed by atoms with Gasteiger partial charge in [0.25, 0.3) is 0 Å². The van der Waals surface area contributed by atoms with Gasteiger partial charge in [-0.1, -0.05) is 35.5 Å². The van der Waals surface area contributed by atoms with Crippen molar-refractivity contribution >= 4 is 0 Å². The maximum absolute atomic E-state index is 10.7. The van der Waals surface area contributed by atoms with Crippen molar-refractivity contribution in [3.05, 3.63) is 47.8 Å². The molecule has 0 amide bonds. The SMILES string of the molecule is CC(O)(c1ccccc1)c1cn(C[C@H]2CCCN2)nn1. The summed E-state index contributed by atoms with van der Waals surface area (Å²) >= 11 is 0. The van der Waals surface area contributed by atoms with Crippen LogP contribution in [0.5, 0.6) is 0 Å². The van der Waals surface area contributed by atoms with Crippen LogP contribution >= 0.6 is 0 Å². The first kappa shape index (κ1) is 13.3. The van der Waals surface area contributed by atoms with Crippen molar-refractivity contribution in [2.24, 2.45) is 0 Å². The van der Waals surface area contributed by atoms with E-state index in [1.54, 1.807) is 6.92 Å². The maximum atomic E-state index is 10.7. The molecule has 0 aliphatic carbocycles. The molecule has 2 atom stereocenters. The summed E-state index contributed by atoms with van der Waals surface area (Å²) < 4.78 is 1.82. The van der Waals surface area contributed by atoms with Crippen LogP contribution in [-0.2, 0) is 12.1 Å². The molecule has 20 heavy (non-hydrogen) atoms. The zero-order valence-electron chi connectivity index (χ0n) is 11.7. The summed E-state index contributed by atoms with van der Waals surface area (Å²) in [6.45, 7) is 3.64. The highest BCUT2D eigenvalue weighted by Gasteiger charge is 2.29. The molecule has 1 aliphatic heterocycles. The van der Waals surface area contributed by atoms with Crippen LogP contribution in [0.15, 0.2) is 36.5 Å². The minimum atomic E-state index is -1.11. The molecule has 1 aromatic heterocycles. The molecule has 1 aromatic carbocycles. The van der Waals surface area contributed by atoms with Crippen LogP contribution in [0.3, 0.4) is 0 Å². The van der Waals surface area contributed by atoms with E-state index in [9.17, 15) is 5.11 Å². The lowest BCUT2D eigenvalue weighted by Crippen LogP contribution is -2.27. The lowest BCUT2D eigenvalue weighted by atomic mass is 9.93. The Morgan fingerprint density at radius 3 is 2.90 bits per heavy atom. The number of hydrogen-bond acceptors (Lipinski definition) is 4. The molecule has 0 bridgehead atoms. The van der Waals surface area contributed by atoms with Crippen LogP contribution in [0.25, 0.3) is 0 Å². The summed E-state index contributed by atoms with van der Waals surface area (Å²) in [7, 11) is 0. The van der Waals surface area contributed by atoms with Gasteiger partial charge in [-0.25, -0.2) is 0 Å². The molecule has 2 aromatic rings. The minimum Gasteiger partial charge on any atom is -0.379 e. The van der Waals surface area contributed by atoms with Gasteiger partial charge in [-0.3, -0.25) is 4.68 Å². The Balaban J connectivity index is 1.78. The van der Waals surface area contributed by atoms with Gasteiger partial charge < -0.3 is 10.4 Å². The van der Waals surface area contributed by atoms with Gasteiger partial charge in [0.2, 0.25) is 0 Å². The number of benzene rings is 1. The van der Waals surface area contributed by atoms with Gasteiger partial charge in [0.05, 0.1) is 12.7 Å². The molecule has 5 heteroatoms. The number of aromatic nitrogens is 3. The fraction of sp³-hybridized carbons (Fsp3) is 0.467. The van der Waals surface area contributed by atoms with E-state index in [0.29, 0.717) is 11.7 Å². The van der Waals surface area contributed by atoms with E-state index in [-0.39, 0.29) is 0 Å². The first-order valence-electron chi connectivity index (χ1n) is 7.08. The van der Waals surface area contributed by atoms with Crippen LogP contribution in [-0.4, -0.2) is 32.7 Å². The van der Waals surface area contributed by atoms with Gasteiger partial charge in [0.1, 0.15) is 11.3 Å². The fourth-order valence-corrected chi connectivity index (χ4v) is 2.66. The summed E-state index contributed by atoms with van der Waals surface area (Å²) in [4.78, 5) is 0. The van der Waals surface area contributed by atoms with E-state index in [1.165, 1.54) is 12.8 Å². The summed E-state index contributed by atoms with van der Waals surface area (Å²) in [5.74, 6) is 0. The molecule has 0 radical (unpaired) electrons. The predicted octanol–water partition coefficient (Wildman–Crippen LogP) is 1.29. The molecule has 106 valence electrons. The molecular weight excluding hydrogens is 252 g/mol. The fourth-order valence-electron chi connectivity index (χ4n) is 2.66. The second-order valence-corrected chi connectivity index (χ2v) is 5.56. The zero-order chi connectivity index (χ0) is 14.0. The van der Waals surface area contributed by atoms with Crippen molar-refractivity contribution in [1.29, 1.82) is 0 Å². The minimum absolute atomic E-state index is 0.464. The van der Waals surface area contributed by atoms with Crippen molar-refractivity contribution < 1.29 is 5.11 Å². The first-order chi connectivity index (χ1) is 9.66. The van der Waals surface area contributed by atoms with Crippen LogP contribution in [0.2, 0.25) is 0 Å². The van der Waals surface area contributed by atoms with E-state index in [1.807, 2.05) is 41.2 Å². The smallest absolute Gasteiger partial charge is 0.132 e. The van der Waals surface area contributed by atoms with E-state index in [4.69, 9.17) is 0 Å². The van der Waals surface area contributed by atoms with Crippen molar-refractivity contribution in [2.75, 3.05) is 6.54 Å². The molecule has 0 saturated carbocycles. The highest BCUT2D eigenvalue weighted by molar-refractivity contribution is 5.29. The molecule has 2 N–H and O–H groups in total. The maximum Gasteiger partial charge on any atom is 0.132 e. The topological polar surface area (TPSA) is 63.0 Å². The third kappa shape index (κ3) is 2.59. The number of aliphatic hydroxyl groups is 1. The Bertz CT molecular complexity index is 558. The largest absolute Gasteiger partial charge is 0.379 e. The Kier molecular flexibility index (Phi) is 3.54. The van der Waals surface area contributed by atoms with Gasteiger partial charge in [0.15, 0.2) is 0 Å². The van der Waals surface area contributed by atoms with Crippen LogP contribution in [0.4, 0.5) is 0 Å². The Hall–Kier alpha value is -1.72. The highest BCUT2D eigenvalue weighted by Crippen LogP contribution is 2.26. The molecule has 2 heterocycles. The Morgan fingerprint density at radius 2 is 2.20 bits per heavy atom. The van der Waals surface area contributed by atoms with Crippen LogP contribution in [0.1, 0.15) is 31.0 Å². The molecule has 1 saturated heterocycles. The van der Waals surface area contributed by atoms with Crippen molar-refractivity contribution in [2.45, 2.75) is 38.0 Å². The summed E-state index contributed by atoms with van der Waals surface area (Å²) in [6, 6.07) is 10.0. The number of hydrogen-bond donors (Lipinski definition) is 2. The third-order valence-corrected chi connectivity index (χ3v) is 3.94. The molecule has 1 unspecified atom stereocenters.